The van der Waals surface area contributed by atoms with E-state index in [2.05, 4.69) is 15.5 Å². The third kappa shape index (κ3) is 5.41. The summed E-state index contributed by atoms with van der Waals surface area (Å²) in [7, 11) is 0. The van der Waals surface area contributed by atoms with Crippen LogP contribution in [0.25, 0.3) is 0 Å². The number of ether oxygens (including phenoxy) is 2. The van der Waals surface area contributed by atoms with Gasteiger partial charge in [0.25, 0.3) is 5.19 Å². The van der Waals surface area contributed by atoms with Crippen molar-refractivity contribution in [2.75, 3.05) is 19.6 Å². The highest BCUT2D eigenvalue weighted by Crippen LogP contribution is 2.19. The molecule has 26 heavy (non-hydrogen) atoms. The van der Waals surface area contributed by atoms with Crippen LogP contribution in [0.4, 0.5) is 4.79 Å². The smallest absolute Gasteiger partial charge is 0.407 e. The summed E-state index contributed by atoms with van der Waals surface area (Å²) in [6.45, 7) is 1.27. The molecule has 2 heterocycles. The summed E-state index contributed by atoms with van der Waals surface area (Å²) in [5.41, 5.74) is 2.52. The predicted molar refractivity (Wildman–Crippen MR) is 94.8 cm³/mol. The topological polar surface area (TPSA) is 93.7 Å². The number of hydrogen-bond acceptors (Lipinski definition) is 7. The minimum atomic E-state index is -0.600. The molecule has 0 spiro atoms. The first-order valence-corrected chi connectivity index (χ1v) is 9.24. The summed E-state index contributed by atoms with van der Waals surface area (Å²) in [5, 5.41) is 10.6. The SMILES string of the molecule is O=C(NCC(=O)N1CCC(Oc2nncs2)CC1)OCc1ccccc1. The van der Waals surface area contributed by atoms with Crippen molar-refractivity contribution >= 4 is 23.3 Å². The zero-order chi connectivity index (χ0) is 18.2. The monoisotopic (exact) mass is 376 g/mol. The first kappa shape index (κ1) is 18.1. The number of aromatic nitrogens is 2. The third-order valence-electron chi connectivity index (χ3n) is 4.00. The number of likely N-dealkylation sites (tertiary alicyclic amines) is 1. The standard InChI is InChI=1S/C17H20N4O4S/c22-15(10-18-16(23)24-11-13-4-2-1-3-5-13)21-8-6-14(7-9-21)25-17-20-19-12-26-17/h1-5,12,14H,6-11H2,(H,18,23). The van der Waals surface area contributed by atoms with Crippen LogP contribution in [0.3, 0.4) is 0 Å². The molecule has 0 saturated carbocycles. The number of carbonyl (C=O) groups is 2. The second-order valence-corrected chi connectivity index (χ2v) is 6.61. The first-order chi connectivity index (χ1) is 12.7. The molecule has 138 valence electrons. The number of amides is 2. The van der Waals surface area contributed by atoms with Gasteiger partial charge in [-0.25, -0.2) is 4.79 Å². The summed E-state index contributed by atoms with van der Waals surface area (Å²) in [4.78, 5) is 25.6. The Labute approximate surface area is 155 Å². The Bertz CT molecular complexity index is 703. The Hall–Kier alpha value is -2.68. The van der Waals surface area contributed by atoms with Gasteiger partial charge in [0.2, 0.25) is 5.91 Å². The van der Waals surface area contributed by atoms with Crippen molar-refractivity contribution in [3.63, 3.8) is 0 Å². The number of piperidine rings is 1. The van der Waals surface area contributed by atoms with Crippen molar-refractivity contribution in [3.05, 3.63) is 41.4 Å². The van der Waals surface area contributed by atoms with Crippen molar-refractivity contribution in [1.82, 2.24) is 20.4 Å². The van der Waals surface area contributed by atoms with Crippen LogP contribution in [0.1, 0.15) is 18.4 Å². The second-order valence-electron chi connectivity index (χ2n) is 5.82. The van der Waals surface area contributed by atoms with Crippen LogP contribution in [0.2, 0.25) is 0 Å². The summed E-state index contributed by atoms with van der Waals surface area (Å²) in [6, 6.07) is 9.38. The molecule has 3 rings (SSSR count). The molecule has 1 N–H and O–H groups in total. The van der Waals surface area contributed by atoms with Gasteiger partial charge in [0.1, 0.15) is 24.8 Å². The largest absolute Gasteiger partial charge is 0.465 e. The zero-order valence-corrected chi connectivity index (χ0v) is 15.0. The Morgan fingerprint density at radius 3 is 2.69 bits per heavy atom. The highest BCUT2D eigenvalue weighted by molar-refractivity contribution is 7.11. The molecule has 8 nitrogen and oxygen atoms in total. The van der Waals surface area contributed by atoms with Crippen LogP contribution in [-0.2, 0) is 16.1 Å². The van der Waals surface area contributed by atoms with E-state index in [9.17, 15) is 9.59 Å². The molecule has 0 atom stereocenters. The number of nitrogens with zero attached hydrogens (tertiary/aromatic N) is 3. The Morgan fingerprint density at radius 2 is 2.00 bits per heavy atom. The fourth-order valence-electron chi connectivity index (χ4n) is 2.61. The van der Waals surface area contributed by atoms with Gasteiger partial charge in [-0.2, -0.15) is 0 Å². The molecule has 9 heteroatoms. The van der Waals surface area contributed by atoms with Crippen LogP contribution in [0, 0.1) is 0 Å². The van der Waals surface area contributed by atoms with E-state index in [-0.39, 0.29) is 25.2 Å². The van der Waals surface area contributed by atoms with Gasteiger partial charge in [-0.05, 0) is 5.56 Å². The lowest BCUT2D eigenvalue weighted by Crippen LogP contribution is -2.46. The average molecular weight is 376 g/mol. The van der Waals surface area contributed by atoms with Gasteiger partial charge in [0.05, 0.1) is 0 Å². The minimum Gasteiger partial charge on any atom is -0.465 e. The molecule has 0 unspecified atom stereocenters. The molecular weight excluding hydrogens is 356 g/mol. The number of alkyl carbamates (subject to hydrolysis) is 1. The zero-order valence-electron chi connectivity index (χ0n) is 14.2. The molecule has 1 aliphatic heterocycles. The highest BCUT2D eigenvalue weighted by atomic mass is 32.1. The first-order valence-electron chi connectivity index (χ1n) is 8.36. The van der Waals surface area contributed by atoms with Crippen LogP contribution >= 0.6 is 11.3 Å². The summed E-state index contributed by atoms with van der Waals surface area (Å²) in [6.07, 6.45) is 0.889. The number of nitrogens with one attached hydrogen (secondary N) is 1. The van der Waals surface area contributed by atoms with E-state index in [0.717, 1.165) is 18.4 Å². The van der Waals surface area contributed by atoms with Gasteiger partial charge in [-0.15, -0.1) is 10.2 Å². The third-order valence-corrected chi connectivity index (χ3v) is 4.58. The van der Waals surface area contributed by atoms with E-state index in [0.29, 0.717) is 18.3 Å². The van der Waals surface area contributed by atoms with Crippen molar-refractivity contribution in [2.24, 2.45) is 0 Å². The van der Waals surface area contributed by atoms with Gasteiger partial charge in [-0.3, -0.25) is 4.79 Å². The Morgan fingerprint density at radius 1 is 1.23 bits per heavy atom. The molecule has 1 saturated heterocycles. The average Bonchev–Trinajstić information content (AvgIpc) is 3.19. The summed E-state index contributed by atoms with van der Waals surface area (Å²) >= 11 is 1.35. The lowest BCUT2D eigenvalue weighted by molar-refractivity contribution is -0.131. The number of carbonyl (C=O) groups excluding carboxylic acids is 2. The molecular formula is C17H20N4O4S. The number of benzene rings is 1. The quantitative estimate of drug-likeness (QED) is 0.827. The van der Waals surface area contributed by atoms with Crippen LogP contribution in [-0.4, -0.2) is 52.8 Å². The van der Waals surface area contributed by atoms with E-state index < -0.39 is 6.09 Å². The lowest BCUT2D eigenvalue weighted by atomic mass is 10.1. The lowest BCUT2D eigenvalue weighted by Gasteiger charge is -2.31. The second kappa shape index (κ2) is 9.14. The molecule has 2 amide bonds. The maximum absolute atomic E-state index is 12.2. The molecule has 0 bridgehead atoms. The normalized spacial score (nSPS) is 14.7. The van der Waals surface area contributed by atoms with Crippen LogP contribution in [0.15, 0.2) is 35.8 Å². The van der Waals surface area contributed by atoms with Crippen molar-refractivity contribution < 1.29 is 19.1 Å². The van der Waals surface area contributed by atoms with Crippen molar-refractivity contribution in [3.8, 4) is 5.19 Å². The van der Waals surface area contributed by atoms with Crippen LogP contribution in [0.5, 0.6) is 5.19 Å². The molecule has 1 fully saturated rings. The van der Waals surface area contributed by atoms with Crippen molar-refractivity contribution in [1.29, 1.82) is 0 Å². The summed E-state index contributed by atoms with van der Waals surface area (Å²) in [5.74, 6) is -0.129. The maximum Gasteiger partial charge on any atom is 0.407 e. The van der Waals surface area contributed by atoms with E-state index in [1.807, 2.05) is 30.3 Å². The molecule has 0 radical (unpaired) electrons. The number of hydrogen-bond donors (Lipinski definition) is 1. The van der Waals surface area contributed by atoms with E-state index in [1.165, 1.54) is 11.3 Å². The molecule has 1 aromatic heterocycles. The van der Waals surface area contributed by atoms with Crippen LogP contribution < -0.4 is 10.1 Å². The van der Waals surface area contributed by atoms with Gasteiger partial charge in [0.15, 0.2) is 0 Å². The van der Waals surface area contributed by atoms with Gasteiger partial charge >= 0.3 is 6.09 Å². The minimum absolute atomic E-state index is 0.0378. The molecule has 2 aromatic rings. The fraction of sp³-hybridized carbons (Fsp3) is 0.412. The molecule has 1 aromatic carbocycles. The van der Waals surface area contributed by atoms with E-state index in [4.69, 9.17) is 9.47 Å². The number of rotatable bonds is 6. The Balaban J connectivity index is 1.33. The van der Waals surface area contributed by atoms with E-state index in [1.54, 1.807) is 10.4 Å². The van der Waals surface area contributed by atoms with Gasteiger partial charge in [0, 0.05) is 25.9 Å². The molecule has 0 aliphatic carbocycles. The maximum atomic E-state index is 12.2. The van der Waals surface area contributed by atoms with Crippen molar-refractivity contribution in [2.45, 2.75) is 25.6 Å². The fourth-order valence-corrected chi connectivity index (χ4v) is 3.08. The Kier molecular flexibility index (Phi) is 6.37. The van der Waals surface area contributed by atoms with Gasteiger partial charge < -0.3 is 19.7 Å². The summed E-state index contributed by atoms with van der Waals surface area (Å²) < 4.78 is 10.8. The molecule has 1 aliphatic rings. The predicted octanol–water partition coefficient (Wildman–Crippen LogP) is 1.83. The van der Waals surface area contributed by atoms with Gasteiger partial charge in [-0.1, -0.05) is 41.7 Å². The highest BCUT2D eigenvalue weighted by Gasteiger charge is 2.24. The van der Waals surface area contributed by atoms with E-state index >= 15 is 0 Å².